The van der Waals surface area contributed by atoms with Crippen LogP contribution in [0.4, 0.5) is 0 Å². The van der Waals surface area contributed by atoms with Crippen molar-refractivity contribution in [1.82, 2.24) is 0 Å². The van der Waals surface area contributed by atoms with Gasteiger partial charge in [0.15, 0.2) is 22.7 Å². The number of ether oxygens (including phenoxy) is 2. The third-order valence-corrected chi connectivity index (χ3v) is 20.6. The molecule has 0 N–H and O–H groups in total. The first kappa shape index (κ1) is 46.4. The normalized spacial score (nSPS) is 19.2. The van der Waals surface area contributed by atoms with Gasteiger partial charge in [0.2, 0.25) is 8.32 Å². The molecule has 0 saturated carbocycles. The molecule has 0 saturated heterocycles. The zero-order chi connectivity index (χ0) is 38.4. The lowest BCUT2D eigenvalue weighted by Gasteiger charge is -2.37. The zero-order valence-corrected chi connectivity index (χ0v) is 37.7. The van der Waals surface area contributed by atoms with Crippen LogP contribution in [0, 0.1) is 17.8 Å². The Morgan fingerprint density at radius 1 is 1.00 bits per heavy atom. The van der Waals surface area contributed by atoms with Crippen LogP contribution in [-0.4, -0.2) is 61.8 Å². The Morgan fingerprint density at radius 2 is 1.62 bits per heavy atom. The van der Waals surface area contributed by atoms with E-state index in [1.807, 2.05) is 0 Å². The van der Waals surface area contributed by atoms with Gasteiger partial charge in [0.1, 0.15) is 0 Å². The number of carbonyl (C=O) groups is 2. The molecule has 0 spiro atoms. The Kier molecular flexibility index (Phi) is 19.1. The molecule has 0 radical (unpaired) electrons. The average Bonchev–Trinajstić information content (AvgIpc) is 3.31. The van der Waals surface area contributed by atoms with Crippen LogP contribution in [-0.2, 0) is 32.3 Å². The first-order valence-corrected chi connectivity index (χ1v) is 28.1. The van der Waals surface area contributed by atoms with E-state index in [4.69, 9.17) is 22.8 Å². The Hall–Kier alpha value is -1.65. The lowest BCUT2D eigenvalue weighted by atomic mass is 9.91. The molecule has 50 heavy (non-hydrogen) atoms. The number of hydrogen-bond acceptors (Lipinski definition) is 7. The van der Waals surface area contributed by atoms with Gasteiger partial charge >= 0.3 is 11.9 Å². The van der Waals surface area contributed by atoms with Crippen molar-refractivity contribution in [3.63, 3.8) is 0 Å². The standard InChI is InChI=1S/C40H74O7Si3/c1-16-20-29-40(9,47-48(11,12)13)30-23-26-35-34(25-22-21-24-33(44-32(5)41)27-28-38(42)43-10)36(45-49(14,15)39(6,7)8)31-37(35)46-50(17-2,18-3)19-4/h23,26,33,35,37H,16-20,22,25,27-31H2,1-15H3/b26-23+. The molecule has 0 heterocycles. The molecule has 288 valence electrons. The van der Waals surface area contributed by atoms with Crippen molar-refractivity contribution in [2.24, 2.45) is 5.92 Å². The topological polar surface area (TPSA) is 80.3 Å². The molecule has 1 aliphatic carbocycles. The summed E-state index contributed by atoms with van der Waals surface area (Å²) in [6.07, 6.45) is 10.8. The van der Waals surface area contributed by atoms with Gasteiger partial charge in [-0.05, 0) is 87.7 Å². The molecule has 0 fully saturated rings. The van der Waals surface area contributed by atoms with Gasteiger partial charge in [-0.2, -0.15) is 0 Å². The van der Waals surface area contributed by atoms with Crippen LogP contribution in [0.2, 0.25) is 55.9 Å². The monoisotopic (exact) mass is 750 g/mol. The molecule has 0 bridgehead atoms. The smallest absolute Gasteiger partial charge is 0.305 e. The van der Waals surface area contributed by atoms with Crippen molar-refractivity contribution >= 4 is 36.9 Å². The van der Waals surface area contributed by atoms with Crippen molar-refractivity contribution in [1.29, 1.82) is 0 Å². The Morgan fingerprint density at radius 3 is 2.12 bits per heavy atom. The molecule has 0 aliphatic heterocycles. The fourth-order valence-corrected chi connectivity index (χ4v) is 12.1. The molecular formula is C40H74O7Si3. The number of hydrogen-bond donors (Lipinski definition) is 0. The summed E-state index contributed by atoms with van der Waals surface area (Å²) < 4.78 is 31.5. The summed E-state index contributed by atoms with van der Waals surface area (Å²) in [5.41, 5.74) is 1.07. The van der Waals surface area contributed by atoms with E-state index in [1.54, 1.807) is 0 Å². The van der Waals surface area contributed by atoms with Crippen molar-refractivity contribution in [3.05, 3.63) is 23.5 Å². The van der Waals surface area contributed by atoms with E-state index < -0.39 is 37.0 Å². The third-order valence-electron chi connectivity index (χ3n) is 10.5. The highest BCUT2D eigenvalue weighted by atomic mass is 28.4. The van der Waals surface area contributed by atoms with Crippen LogP contribution in [0.1, 0.15) is 120 Å². The summed E-state index contributed by atoms with van der Waals surface area (Å²) in [6.45, 7) is 31.1. The summed E-state index contributed by atoms with van der Waals surface area (Å²) >= 11 is 0. The maximum Gasteiger partial charge on any atom is 0.305 e. The number of methoxy groups -OCH3 is 1. The molecule has 1 rings (SSSR count). The van der Waals surface area contributed by atoms with Gasteiger partial charge in [-0.25, -0.2) is 0 Å². The highest BCUT2D eigenvalue weighted by molar-refractivity contribution is 6.74. The molecule has 0 aromatic carbocycles. The Labute approximate surface area is 310 Å². The first-order chi connectivity index (χ1) is 23.1. The lowest BCUT2D eigenvalue weighted by molar-refractivity contribution is -0.147. The second-order valence-electron chi connectivity index (χ2n) is 16.9. The third kappa shape index (κ3) is 15.5. The van der Waals surface area contributed by atoms with Crippen molar-refractivity contribution < 1.29 is 32.3 Å². The van der Waals surface area contributed by atoms with Crippen LogP contribution in [0.5, 0.6) is 0 Å². The van der Waals surface area contributed by atoms with E-state index in [2.05, 4.69) is 112 Å². The molecule has 0 aromatic rings. The molecule has 10 heteroatoms. The molecular weight excluding hydrogens is 677 g/mol. The summed E-state index contributed by atoms with van der Waals surface area (Å²) in [7, 11) is -4.48. The first-order valence-electron chi connectivity index (χ1n) is 19.3. The number of esters is 2. The minimum atomic E-state index is -2.15. The molecule has 4 atom stereocenters. The lowest BCUT2D eigenvalue weighted by Crippen LogP contribution is -2.42. The van der Waals surface area contributed by atoms with E-state index in [0.29, 0.717) is 12.8 Å². The van der Waals surface area contributed by atoms with E-state index in [0.717, 1.165) is 62.4 Å². The zero-order valence-electron chi connectivity index (χ0n) is 34.7. The van der Waals surface area contributed by atoms with E-state index in [9.17, 15) is 9.59 Å². The Bertz CT molecular complexity index is 1190. The van der Waals surface area contributed by atoms with Crippen molar-refractivity contribution in [2.75, 3.05) is 7.11 Å². The predicted octanol–water partition coefficient (Wildman–Crippen LogP) is 11.1. The van der Waals surface area contributed by atoms with Crippen LogP contribution >= 0.6 is 0 Å². The van der Waals surface area contributed by atoms with Crippen molar-refractivity contribution in [2.45, 2.75) is 194 Å². The van der Waals surface area contributed by atoms with Crippen LogP contribution in [0.25, 0.3) is 0 Å². The largest absolute Gasteiger partial charge is 0.546 e. The summed E-state index contributed by atoms with van der Waals surface area (Å²) in [6, 6.07) is 3.28. The van der Waals surface area contributed by atoms with E-state index in [1.165, 1.54) is 19.6 Å². The minimum absolute atomic E-state index is 0.0224. The van der Waals surface area contributed by atoms with E-state index >= 15 is 0 Å². The minimum Gasteiger partial charge on any atom is -0.546 e. The average molecular weight is 751 g/mol. The fourth-order valence-electron chi connectivity index (χ4n) is 6.45. The van der Waals surface area contributed by atoms with Gasteiger partial charge in [-0.3, -0.25) is 9.59 Å². The molecule has 4 unspecified atom stereocenters. The van der Waals surface area contributed by atoms with Gasteiger partial charge < -0.3 is 22.8 Å². The second-order valence-corrected chi connectivity index (χ2v) is 30.8. The summed E-state index contributed by atoms with van der Waals surface area (Å²) in [5.74, 6) is 6.82. The summed E-state index contributed by atoms with van der Waals surface area (Å²) in [4.78, 5) is 23.6. The molecule has 0 amide bonds. The fraction of sp³-hybridized carbons (Fsp3) is 0.800. The van der Waals surface area contributed by atoms with E-state index in [-0.39, 0.29) is 35.1 Å². The number of carbonyl (C=O) groups excluding carboxylic acids is 2. The van der Waals surface area contributed by atoms with Crippen LogP contribution < -0.4 is 0 Å². The number of unbranched alkanes of at least 4 members (excludes halogenated alkanes) is 1. The maximum absolute atomic E-state index is 11.8. The van der Waals surface area contributed by atoms with Gasteiger partial charge in [-0.1, -0.05) is 85.3 Å². The van der Waals surface area contributed by atoms with Gasteiger partial charge in [0, 0.05) is 38.5 Å². The number of rotatable bonds is 21. The molecule has 0 aromatic heterocycles. The van der Waals surface area contributed by atoms with Crippen LogP contribution in [0.3, 0.4) is 0 Å². The SMILES string of the molecule is CCCCC(C)(C/C=C/C1C(CCC#CC(CCC(=O)OC)OC(C)=O)=C(O[Si](C)(C)C(C)(C)C)CC1O[Si](CC)(CC)CC)O[Si](C)(C)C. The Balaban J connectivity index is 3.67. The predicted molar refractivity (Wildman–Crippen MR) is 215 cm³/mol. The highest BCUT2D eigenvalue weighted by Gasteiger charge is 2.45. The molecule has 1 aliphatic rings. The quantitative estimate of drug-likeness (QED) is 0.0500. The highest BCUT2D eigenvalue weighted by Crippen LogP contribution is 2.46. The summed E-state index contributed by atoms with van der Waals surface area (Å²) in [5, 5.41) is 0.0517. The van der Waals surface area contributed by atoms with Gasteiger partial charge in [0.05, 0.1) is 24.6 Å². The van der Waals surface area contributed by atoms with Crippen molar-refractivity contribution in [3.8, 4) is 11.8 Å². The second kappa shape index (κ2) is 20.6. The van der Waals surface area contributed by atoms with Gasteiger partial charge in [0.25, 0.3) is 0 Å². The van der Waals surface area contributed by atoms with Crippen LogP contribution in [0.15, 0.2) is 23.5 Å². The maximum atomic E-state index is 11.8. The van der Waals surface area contributed by atoms with Gasteiger partial charge in [-0.15, -0.1) is 0 Å². The molecule has 7 nitrogen and oxygen atoms in total.